The zero-order valence-electron chi connectivity index (χ0n) is 12.9. The van der Waals surface area contributed by atoms with Gasteiger partial charge in [0.15, 0.2) is 9.84 Å². The second-order valence-electron chi connectivity index (χ2n) is 6.22. The molecule has 0 radical (unpaired) electrons. The first-order valence-corrected chi connectivity index (χ1v) is 9.09. The first-order valence-electron chi connectivity index (χ1n) is 7.54. The van der Waals surface area contributed by atoms with Crippen LogP contribution in [0.5, 0.6) is 0 Å². The number of benzene rings is 2. The molecule has 0 bridgehead atoms. The topological polar surface area (TPSA) is 74.6 Å². The van der Waals surface area contributed by atoms with Crippen LogP contribution in [0.1, 0.15) is 17.0 Å². The van der Waals surface area contributed by atoms with Gasteiger partial charge in [0.05, 0.1) is 23.4 Å². The van der Waals surface area contributed by atoms with Crippen LogP contribution in [0.15, 0.2) is 59.5 Å². The zero-order valence-corrected chi connectivity index (χ0v) is 13.7. The molecule has 0 unspecified atom stereocenters. The maximum absolute atomic E-state index is 13.0. The molecule has 2 N–H and O–H groups in total. The SMILES string of the molecule is Cc1ccc([C@H]2[C@@H](S(=O)(=O)c3ccccc3)C2(CO)CO)cc1. The summed E-state index contributed by atoms with van der Waals surface area (Å²) in [7, 11) is -3.63. The van der Waals surface area contributed by atoms with E-state index in [0.29, 0.717) is 0 Å². The largest absolute Gasteiger partial charge is 0.396 e. The van der Waals surface area contributed by atoms with Crippen LogP contribution < -0.4 is 0 Å². The normalized spacial score (nSPS) is 22.7. The molecule has 0 amide bonds. The fraction of sp³-hybridized carbons (Fsp3) is 0.333. The number of hydrogen-bond donors (Lipinski definition) is 2. The summed E-state index contributed by atoms with van der Waals surface area (Å²) in [6.45, 7) is 1.23. The molecule has 0 aliphatic heterocycles. The van der Waals surface area contributed by atoms with Gasteiger partial charge in [-0.2, -0.15) is 0 Å². The second kappa shape index (κ2) is 5.74. The third kappa shape index (κ3) is 2.49. The van der Waals surface area contributed by atoms with E-state index in [1.807, 2.05) is 31.2 Å². The average molecular weight is 332 g/mol. The lowest BCUT2D eigenvalue weighted by atomic mass is 10.00. The van der Waals surface area contributed by atoms with E-state index in [2.05, 4.69) is 0 Å². The molecule has 1 aliphatic carbocycles. The fourth-order valence-corrected chi connectivity index (χ4v) is 5.86. The average Bonchev–Trinajstić information content (AvgIpc) is 3.27. The zero-order chi connectivity index (χ0) is 16.7. The van der Waals surface area contributed by atoms with Gasteiger partial charge in [0.25, 0.3) is 0 Å². The lowest BCUT2D eigenvalue weighted by Gasteiger charge is -2.11. The van der Waals surface area contributed by atoms with Crippen LogP contribution in [-0.2, 0) is 9.84 Å². The van der Waals surface area contributed by atoms with E-state index >= 15 is 0 Å². The van der Waals surface area contributed by atoms with Crippen molar-refractivity contribution in [2.24, 2.45) is 5.41 Å². The predicted molar refractivity (Wildman–Crippen MR) is 87.9 cm³/mol. The predicted octanol–water partition coefficient (Wildman–Crippen LogP) is 1.91. The molecule has 1 saturated carbocycles. The summed E-state index contributed by atoms with van der Waals surface area (Å²) in [6, 6.07) is 15.8. The standard InChI is InChI=1S/C18H20O4S/c1-13-7-9-14(10-8-13)16-17(18(16,11-19)12-20)23(21,22)15-5-3-2-4-6-15/h2-10,16-17,19-20H,11-12H2,1H3/t16-,17+/m0/s1. The molecule has 2 aromatic rings. The molecule has 0 heterocycles. The highest BCUT2D eigenvalue weighted by Crippen LogP contribution is 2.63. The number of aliphatic hydroxyl groups excluding tert-OH is 2. The van der Waals surface area contributed by atoms with E-state index in [4.69, 9.17) is 0 Å². The van der Waals surface area contributed by atoms with Crippen molar-refractivity contribution >= 4 is 9.84 Å². The van der Waals surface area contributed by atoms with Gasteiger partial charge >= 0.3 is 0 Å². The Kier molecular flexibility index (Phi) is 4.04. The number of aliphatic hydroxyl groups is 2. The van der Waals surface area contributed by atoms with Gasteiger partial charge in [-0.25, -0.2) is 8.42 Å². The summed E-state index contributed by atoms with van der Waals surface area (Å²) < 4.78 is 25.9. The Morgan fingerprint density at radius 2 is 1.52 bits per heavy atom. The van der Waals surface area contributed by atoms with E-state index in [1.54, 1.807) is 30.3 Å². The van der Waals surface area contributed by atoms with Gasteiger partial charge in [-0.3, -0.25) is 0 Å². The van der Waals surface area contributed by atoms with Gasteiger partial charge in [-0.1, -0.05) is 48.0 Å². The first kappa shape index (κ1) is 16.2. The molecule has 2 aromatic carbocycles. The minimum Gasteiger partial charge on any atom is -0.396 e. The Morgan fingerprint density at radius 1 is 0.957 bits per heavy atom. The van der Waals surface area contributed by atoms with Crippen LogP contribution in [0.4, 0.5) is 0 Å². The lowest BCUT2D eigenvalue weighted by molar-refractivity contribution is 0.130. The molecular formula is C18H20O4S. The number of rotatable bonds is 5. The Balaban J connectivity index is 2.05. The third-order valence-electron chi connectivity index (χ3n) is 4.81. The molecule has 1 fully saturated rings. The molecular weight excluding hydrogens is 312 g/mol. The lowest BCUT2D eigenvalue weighted by Crippen LogP contribution is -2.22. The van der Waals surface area contributed by atoms with E-state index in [0.717, 1.165) is 11.1 Å². The molecule has 5 heteroatoms. The highest BCUT2D eigenvalue weighted by atomic mass is 32.2. The van der Waals surface area contributed by atoms with E-state index in [9.17, 15) is 18.6 Å². The quantitative estimate of drug-likeness (QED) is 0.877. The van der Waals surface area contributed by atoms with Crippen LogP contribution in [0.2, 0.25) is 0 Å². The van der Waals surface area contributed by atoms with Gasteiger partial charge in [-0.15, -0.1) is 0 Å². The van der Waals surface area contributed by atoms with E-state index < -0.39 is 26.4 Å². The van der Waals surface area contributed by atoms with Crippen molar-refractivity contribution in [2.45, 2.75) is 23.0 Å². The fourth-order valence-electron chi connectivity index (χ4n) is 3.41. The van der Waals surface area contributed by atoms with Gasteiger partial charge in [0.1, 0.15) is 0 Å². The molecule has 3 rings (SSSR count). The number of hydrogen-bond acceptors (Lipinski definition) is 4. The molecule has 4 nitrogen and oxygen atoms in total. The minimum absolute atomic E-state index is 0.228. The van der Waals surface area contributed by atoms with Crippen LogP contribution in [0.3, 0.4) is 0 Å². The molecule has 122 valence electrons. The van der Waals surface area contributed by atoms with Crippen molar-refractivity contribution in [1.29, 1.82) is 0 Å². The van der Waals surface area contributed by atoms with Crippen LogP contribution >= 0.6 is 0 Å². The molecule has 1 aliphatic rings. The monoisotopic (exact) mass is 332 g/mol. The van der Waals surface area contributed by atoms with Crippen molar-refractivity contribution in [3.05, 3.63) is 65.7 Å². The van der Waals surface area contributed by atoms with E-state index in [-0.39, 0.29) is 18.1 Å². The maximum Gasteiger partial charge on any atom is 0.182 e. The summed E-state index contributed by atoms with van der Waals surface area (Å²) >= 11 is 0. The van der Waals surface area contributed by atoms with Crippen molar-refractivity contribution in [3.8, 4) is 0 Å². The summed E-state index contributed by atoms with van der Waals surface area (Å²) in [5, 5.41) is 18.8. The van der Waals surface area contributed by atoms with Gasteiger partial charge in [0.2, 0.25) is 0 Å². The van der Waals surface area contributed by atoms with Crippen molar-refractivity contribution in [2.75, 3.05) is 13.2 Å². The second-order valence-corrected chi connectivity index (χ2v) is 8.29. The van der Waals surface area contributed by atoms with E-state index in [1.165, 1.54) is 0 Å². The molecule has 2 atom stereocenters. The summed E-state index contributed by atoms with van der Waals surface area (Å²) in [6.07, 6.45) is 0. The molecule has 0 saturated heterocycles. The minimum atomic E-state index is -3.63. The summed E-state index contributed by atoms with van der Waals surface area (Å²) in [5.41, 5.74) is 0.892. The highest BCUT2D eigenvalue weighted by molar-refractivity contribution is 7.92. The highest BCUT2D eigenvalue weighted by Gasteiger charge is 2.70. The Hall–Kier alpha value is -1.69. The first-order chi connectivity index (χ1) is 11.0. The molecule has 0 spiro atoms. The smallest absolute Gasteiger partial charge is 0.182 e. The van der Waals surface area contributed by atoms with Gasteiger partial charge in [-0.05, 0) is 24.6 Å². The van der Waals surface area contributed by atoms with Gasteiger partial charge < -0.3 is 10.2 Å². The maximum atomic E-state index is 13.0. The Labute approximate surface area is 136 Å². The van der Waals surface area contributed by atoms with Crippen LogP contribution in [0.25, 0.3) is 0 Å². The van der Waals surface area contributed by atoms with Crippen molar-refractivity contribution in [1.82, 2.24) is 0 Å². The van der Waals surface area contributed by atoms with Crippen LogP contribution in [0, 0.1) is 12.3 Å². The number of aryl methyl sites for hydroxylation is 1. The molecule has 23 heavy (non-hydrogen) atoms. The number of sulfone groups is 1. The van der Waals surface area contributed by atoms with Crippen molar-refractivity contribution < 1.29 is 18.6 Å². The Bertz CT molecular complexity index is 778. The van der Waals surface area contributed by atoms with Crippen LogP contribution in [-0.4, -0.2) is 37.1 Å². The summed E-state index contributed by atoms with van der Waals surface area (Å²) in [4.78, 5) is 0.228. The van der Waals surface area contributed by atoms with Gasteiger partial charge in [0, 0.05) is 11.3 Å². The third-order valence-corrected chi connectivity index (χ3v) is 7.15. The molecule has 0 aromatic heterocycles. The van der Waals surface area contributed by atoms with Crippen molar-refractivity contribution in [3.63, 3.8) is 0 Å². The Morgan fingerprint density at radius 3 is 2.04 bits per heavy atom. The summed E-state index contributed by atoms with van der Waals surface area (Å²) in [5.74, 6) is -0.400.